The maximum absolute atomic E-state index is 12.4. The Balaban J connectivity index is 2.06. The molecule has 0 amide bonds. The zero-order chi connectivity index (χ0) is 20.3. The topological polar surface area (TPSA) is 77.4 Å². The van der Waals surface area contributed by atoms with Gasteiger partial charge in [-0.05, 0) is 31.2 Å². The second-order valence-corrected chi connectivity index (χ2v) is 8.18. The maximum Gasteiger partial charge on any atom is 0.247 e. The molecule has 2 aromatic rings. The minimum absolute atomic E-state index is 0.403. The van der Waals surface area contributed by atoms with E-state index < -0.39 is 16.1 Å². The van der Waals surface area contributed by atoms with Crippen molar-refractivity contribution in [2.75, 3.05) is 27.1 Å². The number of methoxy groups -OCH3 is 2. The van der Waals surface area contributed by atoms with Crippen LogP contribution >= 0.6 is 0 Å². The number of nitrogens with zero attached hydrogens (tertiary/aromatic N) is 2. The van der Waals surface area contributed by atoms with Crippen LogP contribution in [-0.4, -0.2) is 45.6 Å². The van der Waals surface area contributed by atoms with E-state index >= 15 is 0 Å². The molecule has 0 spiro atoms. The molecule has 0 aliphatic carbocycles. The molecule has 0 saturated heterocycles. The lowest BCUT2D eigenvalue weighted by Crippen LogP contribution is -2.26. The van der Waals surface area contributed by atoms with Crippen molar-refractivity contribution < 1.29 is 22.6 Å². The zero-order valence-electron chi connectivity index (χ0n) is 16.4. The number of ether oxygens (including phenoxy) is 3. The fraction of sp³-hybridized carbons (Fsp3) is 0.350. The van der Waals surface area contributed by atoms with Crippen LogP contribution in [0.3, 0.4) is 0 Å². The number of sulfonamides is 1. The summed E-state index contributed by atoms with van der Waals surface area (Å²) in [5.41, 5.74) is 2.16. The van der Waals surface area contributed by atoms with E-state index in [9.17, 15) is 8.42 Å². The highest BCUT2D eigenvalue weighted by Gasteiger charge is 2.37. The Morgan fingerprint density at radius 3 is 2.50 bits per heavy atom. The fourth-order valence-electron chi connectivity index (χ4n) is 3.27. The second kappa shape index (κ2) is 8.10. The van der Waals surface area contributed by atoms with Crippen molar-refractivity contribution in [2.24, 2.45) is 5.10 Å². The van der Waals surface area contributed by atoms with E-state index in [0.29, 0.717) is 36.0 Å². The first kappa shape index (κ1) is 20.0. The summed E-state index contributed by atoms with van der Waals surface area (Å²) in [6, 6.07) is 12.3. The van der Waals surface area contributed by atoms with Crippen LogP contribution in [-0.2, 0) is 10.0 Å². The lowest BCUT2D eigenvalue weighted by atomic mass is 9.98. The second-order valence-electron chi connectivity index (χ2n) is 6.34. The molecule has 28 heavy (non-hydrogen) atoms. The molecule has 0 radical (unpaired) electrons. The quantitative estimate of drug-likeness (QED) is 0.708. The maximum atomic E-state index is 12.4. The van der Waals surface area contributed by atoms with E-state index in [1.807, 2.05) is 37.3 Å². The summed E-state index contributed by atoms with van der Waals surface area (Å²) in [6.45, 7) is 2.41. The van der Waals surface area contributed by atoms with Crippen LogP contribution in [0.4, 0.5) is 0 Å². The Kier molecular flexibility index (Phi) is 5.79. The van der Waals surface area contributed by atoms with Crippen molar-refractivity contribution >= 4 is 15.7 Å². The highest BCUT2D eigenvalue weighted by molar-refractivity contribution is 7.88. The first-order valence-corrected chi connectivity index (χ1v) is 10.7. The average Bonchev–Trinajstić information content (AvgIpc) is 3.13. The summed E-state index contributed by atoms with van der Waals surface area (Å²) >= 11 is 0. The Hall–Kier alpha value is -2.74. The van der Waals surface area contributed by atoms with Crippen molar-refractivity contribution in [2.45, 2.75) is 19.4 Å². The molecule has 0 unspecified atom stereocenters. The number of rotatable bonds is 7. The highest BCUT2D eigenvalue weighted by Crippen LogP contribution is 2.41. The highest BCUT2D eigenvalue weighted by atomic mass is 32.2. The standard InChI is InChI=1S/C20H24N2O5S/c1-5-27-19-9-7-6-8-15(19)17-13-18(22(21-17)28(4,23)24)16-11-10-14(25-2)12-20(16)26-3/h6-12,18H,5,13H2,1-4H3/t18-/m1/s1. The van der Waals surface area contributed by atoms with Crippen LogP contribution in [0.1, 0.15) is 30.5 Å². The smallest absolute Gasteiger partial charge is 0.247 e. The normalized spacial score (nSPS) is 16.6. The van der Waals surface area contributed by atoms with Crippen molar-refractivity contribution in [3.63, 3.8) is 0 Å². The molecule has 1 atom stereocenters. The van der Waals surface area contributed by atoms with Gasteiger partial charge in [0, 0.05) is 23.6 Å². The Labute approximate surface area is 165 Å². The van der Waals surface area contributed by atoms with Gasteiger partial charge in [-0.25, -0.2) is 8.42 Å². The molecular formula is C20H24N2O5S. The summed E-state index contributed by atoms with van der Waals surface area (Å²) < 4.78 is 42.5. The largest absolute Gasteiger partial charge is 0.497 e. The van der Waals surface area contributed by atoms with Gasteiger partial charge in [0.05, 0.1) is 38.8 Å². The predicted octanol–water partition coefficient (Wildman–Crippen LogP) is 3.21. The molecule has 1 aliphatic rings. The molecular weight excluding hydrogens is 380 g/mol. The molecule has 0 fully saturated rings. The Morgan fingerprint density at radius 2 is 1.86 bits per heavy atom. The van der Waals surface area contributed by atoms with Gasteiger partial charge in [-0.15, -0.1) is 0 Å². The minimum atomic E-state index is -3.59. The summed E-state index contributed by atoms with van der Waals surface area (Å²) in [6.07, 6.45) is 1.55. The van der Waals surface area contributed by atoms with Gasteiger partial charge in [0.1, 0.15) is 17.2 Å². The van der Waals surface area contributed by atoms with Gasteiger partial charge in [0.2, 0.25) is 10.0 Å². The van der Waals surface area contributed by atoms with Crippen molar-refractivity contribution in [3.8, 4) is 17.2 Å². The SMILES string of the molecule is CCOc1ccccc1C1=NN(S(C)(=O)=O)[C@@H](c2ccc(OC)cc2OC)C1. The first-order valence-electron chi connectivity index (χ1n) is 8.90. The molecule has 1 aliphatic heterocycles. The van der Waals surface area contributed by atoms with Crippen molar-refractivity contribution in [1.29, 1.82) is 0 Å². The van der Waals surface area contributed by atoms with Crippen LogP contribution < -0.4 is 14.2 Å². The van der Waals surface area contributed by atoms with Gasteiger partial charge in [0.25, 0.3) is 0 Å². The molecule has 1 heterocycles. The van der Waals surface area contributed by atoms with Gasteiger partial charge in [-0.2, -0.15) is 9.52 Å². The third kappa shape index (κ3) is 3.91. The van der Waals surface area contributed by atoms with E-state index in [-0.39, 0.29) is 0 Å². The lowest BCUT2D eigenvalue weighted by molar-refractivity contribution is 0.339. The summed E-state index contributed by atoms with van der Waals surface area (Å²) in [4.78, 5) is 0. The molecule has 0 aromatic heterocycles. The zero-order valence-corrected chi connectivity index (χ0v) is 17.2. The lowest BCUT2D eigenvalue weighted by Gasteiger charge is -2.23. The van der Waals surface area contributed by atoms with Crippen LogP contribution in [0, 0.1) is 0 Å². The first-order chi connectivity index (χ1) is 13.4. The molecule has 150 valence electrons. The molecule has 0 N–H and O–H groups in total. The summed E-state index contributed by atoms with van der Waals surface area (Å²) in [7, 11) is -0.474. The number of hydrogen-bond donors (Lipinski definition) is 0. The van der Waals surface area contributed by atoms with Gasteiger partial charge in [-0.3, -0.25) is 0 Å². The van der Waals surface area contributed by atoms with Gasteiger partial charge >= 0.3 is 0 Å². The van der Waals surface area contributed by atoms with Crippen molar-refractivity contribution in [1.82, 2.24) is 4.41 Å². The molecule has 7 nitrogen and oxygen atoms in total. The van der Waals surface area contributed by atoms with E-state index in [1.54, 1.807) is 26.4 Å². The monoisotopic (exact) mass is 404 g/mol. The van der Waals surface area contributed by atoms with Gasteiger partial charge in [0.15, 0.2) is 0 Å². The average molecular weight is 404 g/mol. The predicted molar refractivity (Wildman–Crippen MR) is 108 cm³/mol. The third-order valence-corrected chi connectivity index (χ3v) is 5.53. The minimum Gasteiger partial charge on any atom is -0.497 e. The fourth-order valence-corrected chi connectivity index (χ4v) is 4.17. The van der Waals surface area contributed by atoms with Crippen LogP contribution in [0.2, 0.25) is 0 Å². The molecule has 2 aromatic carbocycles. The van der Waals surface area contributed by atoms with E-state index in [1.165, 1.54) is 0 Å². The Morgan fingerprint density at radius 1 is 1.11 bits per heavy atom. The molecule has 0 bridgehead atoms. The molecule has 0 saturated carbocycles. The molecule has 3 rings (SSSR count). The van der Waals surface area contributed by atoms with E-state index in [0.717, 1.165) is 21.8 Å². The van der Waals surface area contributed by atoms with Crippen LogP contribution in [0.5, 0.6) is 17.2 Å². The van der Waals surface area contributed by atoms with Gasteiger partial charge in [-0.1, -0.05) is 12.1 Å². The van der Waals surface area contributed by atoms with Crippen LogP contribution in [0.15, 0.2) is 47.6 Å². The number of benzene rings is 2. The Bertz CT molecular complexity index is 988. The van der Waals surface area contributed by atoms with Crippen molar-refractivity contribution in [3.05, 3.63) is 53.6 Å². The third-order valence-electron chi connectivity index (χ3n) is 4.51. The number of para-hydroxylation sites is 1. The number of hydrogen-bond acceptors (Lipinski definition) is 6. The van der Waals surface area contributed by atoms with Crippen LogP contribution in [0.25, 0.3) is 0 Å². The van der Waals surface area contributed by atoms with E-state index in [2.05, 4.69) is 5.10 Å². The van der Waals surface area contributed by atoms with E-state index in [4.69, 9.17) is 14.2 Å². The number of hydrazone groups is 1. The van der Waals surface area contributed by atoms with Gasteiger partial charge < -0.3 is 14.2 Å². The molecule has 8 heteroatoms. The summed E-state index contributed by atoms with van der Waals surface area (Å²) in [5.74, 6) is 1.86. The summed E-state index contributed by atoms with van der Waals surface area (Å²) in [5, 5.41) is 4.44.